The number of nitrogens with zero attached hydrogens (tertiary/aromatic N) is 1. The highest BCUT2D eigenvalue weighted by atomic mass is 19.4. The van der Waals surface area contributed by atoms with E-state index >= 15 is 0 Å². The second-order valence-corrected chi connectivity index (χ2v) is 6.23. The Morgan fingerprint density at radius 1 is 1.17 bits per heavy atom. The summed E-state index contributed by atoms with van der Waals surface area (Å²) in [5.74, 6) is 0.782. The molecule has 4 atom stereocenters. The van der Waals surface area contributed by atoms with Crippen LogP contribution in [0.3, 0.4) is 0 Å². The van der Waals surface area contributed by atoms with Gasteiger partial charge in [0.15, 0.2) is 0 Å². The molecule has 0 radical (unpaired) electrons. The lowest BCUT2D eigenvalue weighted by molar-refractivity contribution is -0.157. The fraction of sp³-hybridized carbons (Fsp3) is 1.00. The summed E-state index contributed by atoms with van der Waals surface area (Å²) in [6, 6.07) is -0.111. The van der Waals surface area contributed by atoms with E-state index in [2.05, 4.69) is 6.92 Å². The molecule has 18 heavy (non-hydrogen) atoms. The fourth-order valence-corrected chi connectivity index (χ4v) is 3.56. The average Bonchev–Trinajstić information content (AvgIpc) is 2.94. The minimum absolute atomic E-state index is 0.102. The van der Waals surface area contributed by atoms with Gasteiger partial charge < -0.3 is 5.73 Å². The molecule has 0 spiro atoms. The Morgan fingerprint density at radius 3 is 2.22 bits per heavy atom. The van der Waals surface area contributed by atoms with Gasteiger partial charge in [-0.3, -0.25) is 4.90 Å². The normalized spacial score (nSPS) is 38.2. The van der Waals surface area contributed by atoms with E-state index in [1.165, 1.54) is 0 Å². The van der Waals surface area contributed by atoms with Crippen molar-refractivity contribution in [3.05, 3.63) is 0 Å². The summed E-state index contributed by atoms with van der Waals surface area (Å²) in [5.41, 5.74) is 6.14. The highest BCUT2D eigenvalue weighted by Crippen LogP contribution is 2.39. The van der Waals surface area contributed by atoms with E-state index in [0.29, 0.717) is 5.92 Å². The standard InChI is InChI=1S/C13H23F3N2/c1-8-5-9(2)12(11(17)6-8)18(10-3-4-10)7-13(14,15)16/h8-12H,3-7,17H2,1-2H3. The molecule has 0 aliphatic heterocycles. The summed E-state index contributed by atoms with van der Waals surface area (Å²) in [5, 5.41) is 0. The molecule has 106 valence electrons. The van der Waals surface area contributed by atoms with Gasteiger partial charge in [-0.25, -0.2) is 0 Å². The summed E-state index contributed by atoms with van der Waals surface area (Å²) in [6.07, 6.45) is -0.510. The molecular weight excluding hydrogens is 241 g/mol. The van der Waals surface area contributed by atoms with Crippen LogP contribution in [0.1, 0.15) is 39.5 Å². The van der Waals surface area contributed by atoms with E-state index in [9.17, 15) is 13.2 Å². The minimum atomic E-state index is -4.12. The summed E-state index contributed by atoms with van der Waals surface area (Å²) in [4.78, 5) is 1.64. The number of halogens is 3. The number of nitrogens with two attached hydrogens (primary N) is 1. The van der Waals surface area contributed by atoms with Crippen molar-refractivity contribution in [1.29, 1.82) is 0 Å². The van der Waals surface area contributed by atoms with Crippen molar-refractivity contribution in [2.75, 3.05) is 6.54 Å². The molecule has 0 aromatic heterocycles. The third-order valence-corrected chi connectivity index (χ3v) is 4.23. The maximum atomic E-state index is 12.7. The van der Waals surface area contributed by atoms with Crippen molar-refractivity contribution in [3.63, 3.8) is 0 Å². The number of alkyl halides is 3. The monoisotopic (exact) mass is 264 g/mol. The molecule has 2 fully saturated rings. The lowest BCUT2D eigenvalue weighted by Crippen LogP contribution is -2.57. The largest absolute Gasteiger partial charge is 0.401 e. The summed E-state index contributed by atoms with van der Waals surface area (Å²) >= 11 is 0. The van der Waals surface area contributed by atoms with E-state index in [1.807, 2.05) is 6.92 Å². The molecule has 0 aromatic rings. The molecule has 5 heteroatoms. The molecule has 0 bridgehead atoms. The number of hydrogen-bond acceptors (Lipinski definition) is 2. The molecule has 0 saturated heterocycles. The molecule has 0 heterocycles. The van der Waals surface area contributed by atoms with Crippen LogP contribution in [0.4, 0.5) is 13.2 Å². The Morgan fingerprint density at radius 2 is 1.78 bits per heavy atom. The van der Waals surface area contributed by atoms with Crippen LogP contribution in [0, 0.1) is 11.8 Å². The van der Waals surface area contributed by atoms with E-state index in [4.69, 9.17) is 5.73 Å². The molecule has 2 nitrogen and oxygen atoms in total. The Hall–Kier alpha value is -0.290. The SMILES string of the molecule is CC1CC(C)C(N(CC(F)(F)F)C2CC2)C(N)C1. The minimum Gasteiger partial charge on any atom is -0.326 e. The van der Waals surface area contributed by atoms with Gasteiger partial charge in [-0.2, -0.15) is 13.2 Å². The van der Waals surface area contributed by atoms with Crippen LogP contribution in [0.25, 0.3) is 0 Å². The van der Waals surface area contributed by atoms with Crippen LogP contribution >= 0.6 is 0 Å². The van der Waals surface area contributed by atoms with E-state index < -0.39 is 12.7 Å². The summed E-state index contributed by atoms with van der Waals surface area (Å²) in [6.45, 7) is 3.39. The van der Waals surface area contributed by atoms with Crippen molar-refractivity contribution in [2.24, 2.45) is 17.6 Å². The maximum absolute atomic E-state index is 12.7. The number of rotatable bonds is 3. The van der Waals surface area contributed by atoms with Crippen molar-refractivity contribution >= 4 is 0 Å². The van der Waals surface area contributed by atoms with Gasteiger partial charge in [0.05, 0.1) is 6.54 Å². The van der Waals surface area contributed by atoms with Crippen molar-refractivity contribution in [3.8, 4) is 0 Å². The van der Waals surface area contributed by atoms with Gasteiger partial charge in [-0.1, -0.05) is 13.8 Å². The van der Waals surface area contributed by atoms with Gasteiger partial charge in [0.2, 0.25) is 0 Å². The molecule has 4 unspecified atom stereocenters. The third kappa shape index (κ3) is 3.38. The zero-order valence-electron chi connectivity index (χ0n) is 11.1. The fourth-order valence-electron chi connectivity index (χ4n) is 3.56. The van der Waals surface area contributed by atoms with Crippen molar-refractivity contribution in [2.45, 2.75) is 63.8 Å². The zero-order valence-corrected chi connectivity index (χ0v) is 11.1. The highest BCUT2D eigenvalue weighted by Gasteiger charge is 2.46. The van der Waals surface area contributed by atoms with Crippen LogP contribution in [-0.2, 0) is 0 Å². The highest BCUT2D eigenvalue weighted by molar-refractivity contribution is 4.98. The van der Waals surface area contributed by atoms with Gasteiger partial charge >= 0.3 is 6.18 Å². The molecular formula is C13H23F3N2. The molecule has 2 aliphatic carbocycles. The summed E-state index contributed by atoms with van der Waals surface area (Å²) < 4.78 is 38.1. The van der Waals surface area contributed by atoms with Crippen molar-refractivity contribution in [1.82, 2.24) is 4.90 Å². The van der Waals surface area contributed by atoms with Crippen LogP contribution < -0.4 is 5.73 Å². The zero-order chi connectivity index (χ0) is 13.5. The van der Waals surface area contributed by atoms with Crippen LogP contribution in [0.5, 0.6) is 0 Å². The Bertz CT molecular complexity index is 276. The molecule has 2 rings (SSSR count). The summed E-state index contributed by atoms with van der Waals surface area (Å²) in [7, 11) is 0. The third-order valence-electron chi connectivity index (χ3n) is 4.23. The molecule has 2 saturated carbocycles. The van der Waals surface area contributed by atoms with Gasteiger partial charge in [0, 0.05) is 18.1 Å². The van der Waals surface area contributed by atoms with E-state index in [0.717, 1.165) is 25.7 Å². The topological polar surface area (TPSA) is 29.3 Å². The van der Waals surface area contributed by atoms with Gasteiger partial charge in [0.25, 0.3) is 0 Å². The molecule has 0 aromatic carbocycles. The molecule has 2 aliphatic rings. The molecule has 0 amide bonds. The predicted molar refractivity (Wildman–Crippen MR) is 65.1 cm³/mol. The van der Waals surface area contributed by atoms with Crippen LogP contribution in [0.2, 0.25) is 0 Å². The lowest BCUT2D eigenvalue weighted by Gasteiger charge is -2.44. The maximum Gasteiger partial charge on any atom is 0.401 e. The van der Waals surface area contributed by atoms with E-state index in [-0.39, 0.29) is 24.0 Å². The first-order chi connectivity index (χ1) is 8.28. The second kappa shape index (κ2) is 5.00. The Balaban J connectivity index is 2.09. The van der Waals surface area contributed by atoms with Gasteiger partial charge in [-0.05, 0) is 37.5 Å². The lowest BCUT2D eigenvalue weighted by atomic mass is 9.76. The predicted octanol–water partition coefficient (Wildman–Crippen LogP) is 2.78. The van der Waals surface area contributed by atoms with Crippen LogP contribution in [0.15, 0.2) is 0 Å². The quantitative estimate of drug-likeness (QED) is 0.849. The first kappa shape index (κ1) is 14.1. The van der Waals surface area contributed by atoms with E-state index in [1.54, 1.807) is 4.90 Å². The average molecular weight is 264 g/mol. The van der Waals surface area contributed by atoms with Crippen LogP contribution in [-0.4, -0.2) is 35.7 Å². The first-order valence-corrected chi connectivity index (χ1v) is 6.86. The Labute approximate surface area is 107 Å². The smallest absolute Gasteiger partial charge is 0.326 e. The van der Waals surface area contributed by atoms with Crippen molar-refractivity contribution < 1.29 is 13.2 Å². The molecule has 2 N–H and O–H groups in total. The number of hydrogen-bond donors (Lipinski definition) is 1. The van der Waals surface area contributed by atoms with Gasteiger partial charge in [0.1, 0.15) is 0 Å². The second-order valence-electron chi connectivity index (χ2n) is 6.23. The Kier molecular flexibility index (Phi) is 3.93. The van der Waals surface area contributed by atoms with Gasteiger partial charge in [-0.15, -0.1) is 0 Å². The first-order valence-electron chi connectivity index (χ1n) is 6.86.